The summed E-state index contributed by atoms with van der Waals surface area (Å²) in [5, 5.41) is 5.86. The number of hydrogen-bond donors (Lipinski definition) is 3. The molecule has 4 aromatic rings. The molecule has 4 fully saturated rings. The number of ether oxygens (including phenoxy) is 3. The van der Waals surface area contributed by atoms with Gasteiger partial charge in [0.25, 0.3) is 5.91 Å². The highest BCUT2D eigenvalue weighted by Crippen LogP contribution is 2.65. The second-order valence-corrected chi connectivity index (χ2v) is 17.2. The van der Waals surface area contributed by atoms with Crippen LogP contribution < -0.4 is 25.5 Å². The fraction of sp³-hybridized carbons (Fsp3) is 0.432. The Morgan fingerprint density at radius 2 is 1.76 bits per heavy atom. The van der Waals surface area contributed by atoms with Crippen molar-refractivity contribution in [1.82, 2.24) is 20.6 Å². The van der Waals surface area contributed by atoms with Crippen LogP contribution in [0.4, 0.5) is 0 Å². The Balaban J connectivity index is 1.21. The average molecular weight is 791 g/mol. The minimum atomic E-state index is -1.36. The normalized spacial score (nSPS) is 22.7. The molecule has 1 saturated heterocycles. The van der Waals surface area contributed by atoms with Crippen LogP contribution in [0.25, 0.3) is 0 Å². The van der Waals surface area contributed by atoms with Crippen molar-refractivity contribution in [2.75, 3.05) is 7.11 Å². The molecule has 58 heavy (non-hydrogen) atoms. The highest BCUT2D eigenvalue weighted by atomic mass is 16.7. The maximum absolute atomic E-state index is 14.7. The van der Waals surface area contributed by atoms with Crippen molar-refractivity contribution < 1.29 is 37.9 Å². The Hall–Kier alpha value is -5.47. The van der Waals surface area contributed by atoms with Crippen molar-refractivity contribution >= 4 is 24.9 Å². The van der Waals surface area contributed by atoms with Crippen molar-refractivity contribution in [3.05, 3.63) is 123 Å². The first-order chi connectivity index (χ1) is 27.6. The number of aromatic amines is 1. The topological polar surface area (TPSA) is 167 Å². The molecular formula is C44H51BN4O9. The number of esters is 1. The molecule has 2 amide bonds. The van der Waals surface area contributed by atoms with E-state index in [2.05, 4.69) is 41.4 Å². The standard InChI is InChI=1S/C44H51BN4O9/c1-42(2,3)56-41(53)30-15-11-14-27(38(30)54-7)20-36(45-57-35-22-28-21-34(43(28,4)5)44(35,6)58-45)48-40(52)37(49-39(51)31-24-46-19-18-33(31)50)32-17-16-29(23-47-32)55-25-26-12-9-8-10-13-26/h8-19,23-24,28,34-37H,20-22,25H2,1-7H3,(H,46,50)(H,48,52)(H,49,51)/t28-,34-,35?,36-,37?,44-/m0/s1. The minimum Gasteiger partial charge on any atom is -0.496 e. The van der Waals surface area contributed by atoms with E-state index in [0.717, 1.165) is 18.4 Å². The second-order valence-electron chi connectivity index (χ2n) is 17.2. The molecule has 13 nitrogen and oxygen atoms in total. The first kappa shape index (κ1) is 40.7. The summed E-state index contributed by atoms with van der Waals surface area (Å²) in [6.07, 6.45) is 5.95. The number of carbonyl (C=O) groups excluding carboxylic acids is 3. The van der Waals surface area contributed by atoms with Crippen LogP contribution in [0.15, 0.2) is 90.1 Å². The van der Waals surface area contributed by atoms with Crippen LogP contribution in [0.3, 0.4) is 0 Å². The van der Waals surface area contributed by atoms with Gasteiger partial charge in [-0.2, -0.15) is 0 Å². The first-order valence-corrected chi connectivity index (χ1v) is 19.7. The molecule has 1 aliphatic heterocycles. The zero-order valence-electron chi connectivity index (χ0n) is 34.0. The summed E-state index contributed by atoms with van der Waals surface area (Å²) in [5.74, 6) is -1.31. The van der Waals surface area contributed by atoms with Crippen molar-refractivity contribution in [3.63, 3.8) is 0 Å². The van der Waals surface area contributed by atoms with Crippen LogP contribution in [0.5, 0.6) is 11.5 Å². The summed E-state index contributed by atoms with van der Waals surface area (Å²) >= 11 is 0. The third-order valence-corrected chi connectivity index (χ3v) is 11.9. The molecule has 14 heteroatoms. The smallest absolute Gasteiger partial charge is 0.482 e. The van der Waals surface area contributed by atoms with Gasteiger partial charge in [-0.25, -0.2) is 4.79 Å². The van der Waals surface area contributed by atoms with Crippen molar-refractivity contribution in [2.24, 2.45) is 17.3 Å². The Morgan fingerprint density at radius 1 is 0.983 bits per heavy atom. The highest BCUT2D eigenvalue weighted by Gasteiger charge is 2.68. The lowest BCUT2D eigenvalue weighted by molar-refractivity contribution is -0.199. The van der Waals surface area contributed by atoms with Gasteiger partial charge in [-0.15, -0.1) is 0 Å². The van der Waals surface area contributed by atoms with E-state index in [0.29, 0.717) is 29.6 Å². The largest absolute Gasteiger partial charge is 0.496 e. The molecule has 0 radical (unpaired) electrons. The average Bonchev–Trinajstić information content (AvgIpc) is 3.56. The predicted octanol–water partition coefficient (Wildman–Crippen LogP) is 5.78. The van der Waals surface area contributed by atoms with Crippen LogP contribution in [0, 0.1) is 17.3 Å². The highest BCUT2D eigenvalue weighted by molar-refractivity contribution is 6.48. The monoisotopic (exact) mass is 790 g/mol. The Bertz CT molecular complexity index is 2210. The van der Waals surface area contributed by atoms with Crippen LogP contribution in [0.1, 0.15) is 98.0 Å². The van der Waals surface area contributed by atoms with Gasteiger partial charge in [-0.3, -0.25) is 19.4 Å². The van der Waals surface area contributed by atoms with E-state index in [9.17, 15) is 19.2 Å². The fourth-order valence-corrected chi connectivity index (χ4v) is 8.73. The third-order valence-electron chi connectivity index (χ3n) is 11.9. The number of rotatable bonds is 13. The molecule has 6 atom stereocenters. The molecular weight excluding hydrogens is 739 g/mol. The van der Waals surface area contributed by atoms with E-state index >= 15 is 0 Å². The van der Waals surface area contributed by atoms with Gasteiger partial charge in [0.1, 0.15) is 34.8 Å². The molecule has 2 aromatic carbocycles. The van der Waals surface area contributed by atoms with Gasteiger partial charge < -0.3 is 39.1 Å². The lowest BCUT2D eigenvalue weighted by atomic mass is 9.43. The Labute approximate surface area is 338 Å². The number of hydrogen-bond acceptors (Lipinski definition) is 10. The van der Waals surface area contributed by atoms with E-state index in [1.54, 1.807) is 45.0 Å². The second kappa shape index (κ2) is 16.1. The van der Waals surface area contributed by atoms with E-state index < -0.39 is 53.5 Å². The van der Waals surface area contributed by atoms with E-state index in [1.165, 1.54) is 31.8 Å². The maximum atomic E-state index is 14.7. The zero-order chi connectivity index (χ0) is 41.4. The molecule has 3 heterocycles. The number of carbonyl (C=O) groups is 3. The zero-order valence-corrected chi connectivity index (χ0v) is 34.0. The molecule has 4 aliphatic rings. The summed E-state index contributed by atoms with van der Waals surface area (Å²) in [4.78, 5) is 61.7. The molecule has 2 bridgehead atoms. The number of aromatic nitrogens is 2. The summed E-state index contributed by atoms with van der Waals surface area (Å²) in [6, 6.07) is 18.0. The predicted molar refractivity (Wildman–Crippen MR) is 216 cm³/mol. The number of nitrogens with zero attached hydrogens (tertiary/aromatic N) is 1. The fourth-order valence-electron chi connectivity index (χ4n) is 8.73. The molecule has 8 rings (SSSR count). The van der Waals surface area contributed by atoms with Crippen LogP contribution in [-0.4, -0.2) is 65.2 Å². The van der Waals surface area contributed by atoms with Gasteiger partial charge in [-0.05, 0) is 93.5 Å². The van der Waals surface area contributed by atoms with E-state index in [-0.39, 0.29) is 40.7 Å². The summed E-state index contributed by atoms with van der Waals surface area (Å²) in [6.45, 7) is 12.3. The molecule has 0 spiro atoms. The molecule has 2 unspecified atom stereocenters. The Kier molecular flexibility index (Phi) is 11.3. The van der Waals surface area contributed by atoms with Gasteiger partial charge in [0, 0.05) is 18.5 Å². The Morgan fingerprint density at radius 3 is 2.43 bits per heavy atom. The maximum Gasteiger partial charge on any atom is 0.482 e. The van der Waals surface area contributed by atoms with Crippen LogP contribution in [0.2, 0.25) is 0 Å². The van der Waals surface area contributed by atoms with Crippen LogP contribution in [-0.2, 0) is 31.9 Å². The number of methoxy groups -OCH3 is 1. The first-order valence-electron chi connectivity index (χ1n) is 19.7. The van der Waals surface area contributed by atoms with Gasteiger partial charge in [0.05, 0.1) is 36.6 Å². The molecule has 2 aromatic heterocycles. The summed E-state index contributed by atoms with van der Waals surface area (Å²) in [7, 11) is 0.572. The minimum absolute atomic E-state index is 0.0700. The number of benzene rings is 2. The number of pyridine rings is 2. The quantitative estimate of drug-likeness (QED) is 0.112. The number of amides is 2. The van der Waals surface area contributed by atoms with Crippen molar-refractivity contribution in [2.45, 2.75) is 96.7 Å². The lowest BCUT2D eigenvalue weighted by Gasteiger charge is -2.64. The van der Waals surface area contributed by atoms with Gasteiger partial charge in [0.15, 0.2) is 11.5 Å². The lowest BCUT2D eigenvalue weighted by Crippen LogP contribution is -2.65. The molecule has 304 valence electrons. The molecule has 3 saturated carbocycles. The SMILES string of the molecule is COc1c(C[C@H](NC(=O)C(NC(=O)c2c[nH]ccc2=O)c2ccc(OCc3ccccc3)cn2)B2OC3C[C@@H]4C[C@@H](C4(C)C)[C@]3(C)O2)cccc1C(=O)OC(C)(C)C. The van der Waals surface area contributed by atoms with E-state index in [4.69, 9.17) is 23.5 Å². The third kappa shape index (κ3) is 8.26. The van der Waals surface area contributed by atoms with Gasteiger partial charge in [0.2, 0.25) is 5.91 Å². The molecule has 3 N–H and O–H groups in total. The summed E-state index contributed by atoms with van der Waals surface area (Å²) in [5.41, 5.74) is 0.0194. The number of para-hydroxylation sites is 1. The molecule has 3 aliphatic carbocycles. The van der Waals surface area contributed by atoms with E-state index in [1.807, 2.05) is 36.4 Å². The van der Waals surface area contributed by atoms with Crippen molar-refractivity contribution in [3.8, 4) is 11.5 Å². The van der Waals surface area contributed by atoms with Crippen LogP contribution >= 0.6 is 0 Å². The van der Waals surface area contributed by atoms with Gasteiger partial charge in [-0.1, -0.05) is 56.3 Å². The number of H-pyrrole nitrogens is 1. The van der Waals surface area contributed by atoms with Gasteiger partial charge >= 0.3 is 13.1 Å². The summed E-state index contributed by atoms with van der Waals surface area (Å²) < 4.78 is 31.1. The number of nitrogens with one attached hydrogen (secondary N) is 3. The van der Waals surface area contributed by atoms with Crippen molar-refractivity contribution in [1.29, 1.82) is 0 Å².